The van der Waals surface area contributed by atoms with Gasteiger partial charge in [0.25, 0.3) is 10.0 Å². The topological polar surface area (TPSA) is 105 Å². The number of nitrogens with zero attached hydrogens (tertiary/aromatic N) is 2. The Bertz CT molecular complexity index is 1400. The number of carbonyl (C=O) groups is 2. The van der Waals surface area contributed by atoms with Crippen LogP contribution >= 0.6 is 0 Å². The van der Waals surface area contributed by atoms with Crippen molar-refractivity contribution >= 4 is 27.5 Å². The van der Waals surface area contributed by atoms with Gasteiger partial charge in [-0.2, -0.15) is 0 Å². The zero-order valence-electron chi connectivity index (χ0n) is 22.9. The summed E-state index contributed by atoms with van der Waals surface area (Å²) in [6.45, 7) is 5.29. The maximum absolute atomic E-state index is 14.0. The number of benzene rings is 3. The highest BCUT2D eigenvalue weighted by Gasteiger charge is 2.34. The van der Waals surface area contributed by atoms with Crippen LogP contribution in [0.25, 0.3) is 0 Å². The van der Waals surface area contributed by atoms with E-state index < -0.39 is 28.5 Å². The van der Waals surface area contributed by atoms with Gasteiger partial charge in [-0.1, -0.05) is 48.0 Å². The molecule has 1 N–H and O–H groups in total. The number of sulfonamides is 1. The minimum atomic E-state index is -4.23. The summed E-state index contributed by atoms with van der Waals surface area (Å²) in [7, 11) is -1.35. The fourth-order valence-electron chi connectivity index (χ4n) is 4.14. The lowest BCUT2D eigenvalue weighted by atomic mass is 10.1. The Morgan fingerprint density at radius 3 is 2.28 bits per heavy atom. The molecule has 0 aliphatic carbocycles. The van der Waals surface area contributed by atoms with Crippen molar-refractivity contribution in [3.8, 4) is 11.5 Å². The lowest BCUT2D eigenvalue weighted by molar-refractivity contribution is -0.139. The number of amides is 2. The number of likely N-dealkylation sites (N-methyl/N-ethyl adjacent to an activating group) is 1. The van der Waals surface area contributed by atoms with Crippen LogP contribution in [-0.2, 0) is 26.2 Å². The summed E-state index contributed by atoms with van der Waals surface area (Å²) in [5, 5.41) is 2.75. The number of ether oxygens (including phenoxy) is 2. The third-order valence-electron chi connectivity index (χ3n) is 6.22. The third-order valence-corrected chi connectivity index (χ3v) is 7.99. The minimum Gasteiger partial charge on any atom is -0.497 e. The highest BCUT2D eigenvalue weighted by Crippen LogP contribution is 2.36. The van der Waals surface area contributed by atoms with Crippen molar-refractivity contribution in [2.75, 3.05) is 31.6 Å². The summed E-state index contributed by atoms with van der Waals surface area (Å²) < 4.78 is 39.7. The molecular formula is C29H35N3O6S. The zero-order valence-corrected chi connectivity index (χ0v) is 23.7. The van der Waals surface area contributed by atoms with Crippen LogP contribution in [0.5, 0.6) is 11.5 Å². The molecule has 9 nitrogen and oxygen atoms in total. The summed E-state index contributed by atoms with van der Waals surface area (Å²) in [6, 6.07) is 19.3. The third kappa shape index (κ3) is 7.08. The van der Waals surface area contributed by atoms with E-state index in [-0.39, 0.29) is 28.8 Å². The van der Waals surface area contributed by atoms with Gasteiger partial charge in [0.2, 0.25) is 11.8 Å². The van der Waals surface area contributed by atoms with Crippen LogP contribution in [0.4, 0.5) is 5.69 Å². The molecule has 3 rings (SSSR count). The Morgan fingerprint density at radius 2 is 1.67 bits per heavy atom. The van der Waals surface area contributed by atoms with Gasteiger partial charge in [0, 0.05) is 19.2 Å². The molecule has 0 saturated heterocycles. The predicted molar refractivity (Wildman–Crippen MR) is 150 cm³/mol. The summed E-state index contributed by atoms with van der Waals surface area (Å²) in [6.07, 6.45) is 0. The second kappa shape index (κ2) is 13.1. The van der Waals surface area contributed by atoms with Crippen molar-refractivity contribution in [3.05, 3.63) is 83.9 Å². The first kappa shape index (κ1) is 29.5. The van der Waals surface area contributed by atoms with Crippen LogP contribution in [0.15, 0.2) is 77.7 Å². The number of methoxy groups -OCH3 is 2. The van der Waals surface area contributed by atoms with Gasteiger partial charge in [-0.05, 0) is 50.6 Å². The minimum absolute atomic E-state index is 0.00433. The molecule has 1 atom stereocenters. The lowest BCUT2D eigenvalue weighted by Gasteiger charge is -2.32. The molecule has 0 aliphatic heterocycles. The summed E-state index contributed by atoms with van der Waals surface area (Å²) in [4.78, 5) is 28.2. The Kier molecular flexibility index (Phi) is 9.95. The Hall–Kier alpha value is -4.05. The van der Waals surface area contributed by atoms with Crippen molar-refractivity contribution in [2.24, 2.45) is 0 Å². The smallest absolute Gasteiger partial charge is 0.264 e. The average molecular weight is 554 g/mol. The molecule has 0 aliphatic rings. The maximum Gasteiger partial charge on any atom is 0.264 e. The van der Waals surface area contributed by atoms with Gasteiger partial charge >= 0.3 is 0 Å². The molecule has 0 saturated carbocycles. The zero-order chi connectivity index (χ0) is 28.6. The molecule has 0 bridgehead atoms. The molecule has 3 aromatic rings. The first-order chi connectivity index (χ1) is 18.6. The van der Waals surface area contributed by atoms with Crippen LogP contribution in [0, 0.1) is 6.92 Å². The van der Waals surface area contributed by atoms with E-state index in [9.17, 15) is 18.0 Å². The second-order valence-electron chi connectivity index (χ2n) is 8.94. The fraction of sp³-hybridized carbons (Fsp3) is 0.310. The second-order valence-corrected chi connectivity index (χ2v) is 10.8. The molecule has 0 fully saturated rings. The number of hydrogen-bond acceptors (Lipinski definition) is 6. The predicted octanol–water partition coefficient (Wildman–Crippen LogP) is 3.76. The fourth-order valence-corrected chi connectivity index (χ4v) is 5.57. The van der Waals surface area contributed by atoms with E-state index >= 15 is 0 Å². The van der Waals surface area contributed by atoms with E-state index in [1.54, 1.807) is 44.2 Å². The quantitative estimate of drug-likeness (QED) is 0.366. The van der Waals surface area contributed by atoms with Crippen molar-refractivity contribution in [3.63, 3.8) is 0 Å². The SMILES string of the molecule is CCNC(=O)C(C)N(Cc1cccc(C)c1)C(=O)CN(c1cc(OC)ccc1OC)S(=O)(=O)c1ccccc1. The van der Waals surface area contributed by atoms with E-state index in [1.165, 1.54) is 37.3 Å². The summed E-state index contributed by atoms with van der Waals surface area (Å²) in [5.41, 5.74) is 1.95. The average Bonchev–Trinajstić information content (AvgIpc) is 2.94. The van der Waals surface area contributed by atoms with Crippen molar-refractivity contribution < 1.29 is 27.5 Å². The van der Waals surface area contributed by atoms with Gasteiger partial charge in [0.05, 0.1) is 24.8 Å². The van der Waals surface area contributed by atoms with Crippen LogP contribution in [0.2, 0.25) is 0 Å². The Morgan fingerprint density at radius 1 is 0.949 bits per heavy atom. The molecule has 0 aromatic heterocycles. The normalized spacial score (nSPS) is 11.8. The number of rotatable bonds is 12. The number of anilines is 1. The molecule has 3 aromatic carbocycles. The van der Waals surface area contributed by atoms with E-state index in [0.717, 1.165) is 15.4 Å². The van der Waals surface area contributed by atoms with E-state index in [4.69, 9.17) is 9.47 Å². The largest absolute Gasteiger partial charge is 0.497 e. The molecule has 0 radical (unpaired) electrons. The van der Waals surface area contributed by atoms with E-state index in [1.807, 2.05) is 31.2 Å². The summed E-state index contributed by atoms with van der Waals surface area (Å²) in [5.74, 6) is -0.265. The lowest BCUT2D eigenvalue weighted by Crippen LogP contribution is -2.51. The molecule has 0 spiro atoms. The van der Waals surface area contributed by atoms with Gasteiger partial charge in [-0.3, -0.25) is 13.9 Å². The highest BCUT2D eigenvalue weighted by atomic mass is 32.2. The molecule has 208 valence electrons. The van der Waals surface area contributed by atoms with Crippen molar-refractivity contribution in [2.45, 2.75) is 38.3 Å². The summed E-state index contributed by atoms with van der Waals surface area (Å²) >= 11 is 0. The van der Waals surface area contributed by atoms with Gasteiger partial charge in [0.15, 0.2) is 0 Å². The Balaban J connectivity index is 2.11. The van der Waals surface area contributed by atoms with Crippen molar-refractivity contribution in [1.29, 1.82) is 0 Å². The van der Waals surface area contributed by atoms with Crippen LogP contribution in [-0.4, -0.2) is 58.5 Å². The maximum atomic E-state index is 14.0. The standard InChI is InChI=1S/C29H35N3O6S/c1-6-30-29(34)22(3)31(19-23-12-10-11-21(2)17-23)28(33)20-32(39(35,36)25-13-8-7-9-14-25)26-18-24(37-4)15-16-27(26)38-5/h7-18,22H,6,19-20H2,1-5H3,(H,30,34). The highest BCUT2D eigenvalue weighted by molar-refractivity contribution is 7.92. The molecule has 1 unspecified atom stereocenters. The monoisotopic (exact) mass is 553 g/mol. The van der Waals surface area contributed by atoms with Gasteiger partial charge in [0.1, 0.15) is 24.1 Å². The number of aryl methyl sites for hydroxylation is 1. The van der Waals surface area contributed by atoms with E-state index in [0.29, 0.717) is 12.3 Å². The van der Waals surface area contributed by atoms with Crippen LogP contribution < -0.4 is 19.1 Å². The molecule has 2 amide bonds. The number of hydrogen-bond donors (Lipinski definition) is 1. The first-order valence-electron chi connectivity index (χ1n) is 12.5. The van der Waals surface area contributed by atoms with Crippen molar-refractivity contribution in [1.82, 2.24) is 10.2 Å². The van der Waals surface area contributed by atoms with Crippen LogP contribution in [0.3, 0.4) is 0 Å². The number of carbonyl (C=O) groups excluding carboxylic acids is 2. The first-order valence-corrected chi connectivity index (χ1v) is 14.0. The molecule has 10 heteroatoms. The van der Waals surface area contributed by atoms with E-state index in [2.05, 4.69) is 5.32 Å². The van der Waals surface area contributed by atoms with Gasteiger partial charge in [-0.25, -0.2) is 8.42 Å². The number of nitrogens with one attached hydrogen (secondary N) is 1. The van der Waals surface area contributed by atoms with Gasteiger partial charge in [-0.15, -0.1) is 0 Å². The molecule has 0 heterocycles. The molecular weight excluding hydrogens is 518 g/mol. The Labute approximate surface area is 230 Å². The molecule has 39 heavy (non-hydrogen) atoms. The van der Waals surface area contributed by atoms with Crippen LogP contribution in [0.1, 0.15) is 25.0 Å². The van der Waals surface area contributed by atoms with Gasteiger partial charge < -0.3 is 19.7 Å².